The van der Waals surface area contributed by atoms with Crippen molar-refractivity contribution in [2.24, 2.45) is 0 Å². The highest BCUT2D eigenvalue weighted by atomic mass is 19.4. The van der Waals surface area contributed by atoms with E-state index in [1.54, 1.807) is 24.3 Å². The molecule has 2 N–H and O–H groups in total. The maximum absolute atomic E-state index is 12.8. The van der Waals surface area contributed by atoms with Crippen LogP contribution in [0.1, 0.15) is 27.0 Å². The van der Waals surface area contributed by atoms with E-state index in [0.29, 0.717) is 22.9 Å². The molecule has 212 valence electrons. The van der Waals surface area contributed by atoms with E-state index >= 15 is 0 Å². The lowest BCUT2D eigenvalue weighted by atomic mass is 9.99. The number of ether oxygens (including phenoxy) is 1. The highest BCUT2D eigenvalue weighted by Gasteiger charge is 2.31. The standard InChI is InChI=1S/C29H20F6N2O4/c30-28(31,32)21-9-5-19(6-10-21)18-3-1-17(2-4-18)15-24(27(39)40)37-26(38)20-7-12-23(13-8-20)41-25-14-11-22(16-36-25)29(33,34)35/h1-14,16,24H,15H2,(H,37,38)(H,39,40)/t24-/m0/s1. The number of carboxylic acids is 1. The monoisotopic (exact) mass is 574 g/mol. The fourth-order valence-corrected chi connectivity index (χ4v) is 3.77. The Morgan fingerprint density at radius 1 is 0.756 bits per heavy atom. The van der Waals surface area contributed by atoms with Crippen molar-refractivity contribution in [1.29, 1.82) is 0 Å². The summed E-state index contributed by atoms with van der Waals surface area (Å²) in [6, 6.07) is 17.2. The molecule has 12 heteroatoms. The lowest BCUT2D eigenvalue weighted by Gasteiger charge is -2.15. The number of halogens is 6. The molecular formula is C29H20F6N2O4. The first-order valence-electron chi connectivity index (χ1n) is 11.9. The molecule has 1 aromatic heterocycles. The van der Waals surface area contributed by atoms with Crippen LogP contribution in [0.15, 0.2) is 91.1 Å². The van der Waals surface area contributed by atoms with Crippen LogP contribution in [0.5, 0.6) is 11.6 Å². The van der Waals surface area contributed by atoms with Crippen molar-refractivity contribution in [1.82, 2.24) is 10.3 Å². The topological polar surface area (TPSA) is 88.5 Å². The Kier molecular flexibility index (Phi) is 8.31. The van der Waals surface area contributed by atoms with Gasteiger partial charge in [-0.05, 0) is 59.2 Å². The van der Waals surface area contributed by atoms with E-state index in [1.807, 2.05) is 0 Å². The predicted molar refractivity (Wildman–Crippen MR) is 135 cm³/mol. The summed E-state index contributed by atoms with van der Waals surface area (Å²) in [7, 11) is 0. The maximum atomic E-state index is 12.8. The molecule has 0 fully saturated rings. The number of carbonyl (C=O) groups excluding carboxylic acids is 1. The van der Waals surface area contributed by atoms with E-state index in [-0.39, 0.29) is 23.6 Å². The summed E-state index contributed by atoms with van der Waals surface area (Å²) >= 11 is 0. The first-order chi connectivity index (χ1) is 19.3. The van der Waals surface area contributed by atoms with Gasteiger partial charge < -0.3 is 15.2 Å². The van der Waals surface area contributed by atoms with Gasteiger partial charge in [-0.1, -0.05) is 36.4 Å². The first-order valence-corrected chi connectivity index (χ1v) is 11.9. The Balaban J connectivity index is 1.37. The van der Waals surface area contributed by atoms with Gasteiger partial charge in [-0.2, -0.15) is 26.3 Å². The molecule has 1 atom stereocenters. The van der Waals surface area contributed by atoms with Crippen molar-refractivity contribution < 1.29 is 45.8 Å². The van der Waals surface area contributed by atoms with Gasteiger partial charge in [-0.25, -0.2) is 9.78 Å². The smallest absolute Gasteiger partial charge is 0.417 e. The van der Waals surface area contributed by atoms with E-state index in [9.17, 15) is 41.0 Å². The number of pyridine rings is 1. The Hall–Kier alpha value is -4.87. The molecule has 6 nitrogen and oxygen atoms in total. The van der Waals surface area contributed by atoms with Crippen LogP contribution in [-0.2, 0) is 23.6 Å². The van der Waals surface area contributed by atoms with E-state index in [2.05, 4.69) is 10.3 Å². The van der Waals surface area contributed by atoms with Crippen LogP contribution in [0.25, 0.3) is 11.1 Å². The number of nitrogens with one attached hydrogen (secondary N) is 1. The second-order valence-electron chi connectivity index (χ2n) is 8.85. The zero-order valence-electron chi connectivity index (χ0n) is 20.8. The number of carboxylic acid groups (broad SMARTS) is 1. The molecule has 0 bridgehead atoms. The second kappa shape index (κ2) is 11.7. The molecule has 0 aliphatic rings. The summed E-state index contributed by atoms with van der Waals surface area (Å²) in [5, 5.41) is 12.1. The molecule has 41 heavy (non-hydrogen) atoms. The van der Waals surface area contributed by atoms with Crippen molar-refractivity contribution in [3.05, 3.63) is 113 Å². The Bertz CT molecular complexity index is 1500. The van der Waals surface area contributed by atoms with Crippen LogP contribution < -0.4 is 10.1 Å². The molecule has 0 saturated carbocycles. The number of alkyl halides is 6. The Morgan fingerprint density at radius 2 is 1.29 bits per heavy atom. The van der Waals surface area contributed by atoms with Crippen molar-refractivity contribution in [2.75, 3.05) is 0 Å². The number of hydrogen-bond acceptors (Lipinski definition) is 4. The third-order valence-corrected chi connectivity index (χ3v) is 5.95. The fourth-order valence-electron chi connectivity index (χ4n) is 3.77. The molecule has 0 aliphatic heterocycles. The molecule has 4 rings (SSSR count). The van der Waals surface area contributed by atoms with Gasteiger partial charge in [0.25, 0.3) is 5.91 Å². The molecule has 0 aliphatic carbocycles. The van der Waals surface area contributed by atoms with Gasteiger partial charge in [0.05, 0.1) is 11.1 Å². The average molecular weight is 574 g/mol. The molecule has 4 aromatic rings. The third-order valence-electron chi connectivity index (χ3n) is 5.95. The average Bonchev–Trinajstić information content (AvgIpc) is 2.93. The van der Waals surface area contributed by atoms with Gasteiger partial charge in [0.2, 0.25) is 5.88 Å². The Labute approximate surface area is 229 Å². The number of carbonyl (C=O) groups is 2. The number of amides is 1. The van der Waals surface area contributed by atoms with Crippen LogP contribution in [0.2, 0.25) is 0 Å². The largest absolute Gasteiger partial charge is 0.480 e. The van der Waals surface area contributed by atoms with E-state index in [4.69, 9.17) is 4.74 Å². The van der Waals surface area contributed by atoms with Crippen LogP contribution in [-0.4, -0.2) is 28.0 Å². The quantitative estimate of drug-likeness (QED) is 0.221. The summed E-state index contributed by atoms with van der Waals surface area (Å²) in [6.07, 6.45) is -8.41. The van der Waals surface area contributed by atoms with Gasteiger partial charge in [0.15, 0.2) is 0 Å². The van der Waals surface area contributed by atoms with Crippen LogP contribution >= 0.6 is 0 Å². The minimum Gasteiger partial charge on any atom is -0.480 e. The fraction of sp³-hybridized carbons (Fsp3) is 0.138. The minimum absolute atomic E-state index is 0.0604. The zero-order valence-corrected chi connectivity index (χ0v) is 20.8. The summed E-state index contributed by atoms with van der Waals surface area (Å²) in [4.78, 5) is 28.1. The SMILES string of the molecule is O=C(N[C@@H](Cc1ccc(-c2ccc(C(F)(F)F)cc2)cc1)C(=O)O)c1ccc(Oc2ccc(C(F)(F)F)cn2)cc1. The second-order valence-corrected chi connectivity index (χ2v) is 8.85. The van der Waals surface area contributed by atoms with Crippen molar-refractivity contribution in [3.8, 4) is 22.8 Å². The number of aromatic nitrogens is 1. The van der Waals surface area contributed by atoms with Gasteiger partial charge >= 0.3 is 18.3 Å². The van der Waals surface area contributed by atoms with Gasteiger partial charge in [0.1, 0.15) is 11.8 Å². The maximum Gasteiger partial charge on any atom is 0.417 e. The summed E-state index contributed by atoms with van der Waals surface area (Å²) in [5.74, 6) is -1.86. The Morgan fingerprint density at radius 3 is 1.78 bits per heavy atom. The van der Waals surface area contributed by atoms with Gasteiger partial charge in [-0.3, -0.25) is 4.79 Å². The molecule has 0 unspecified atom stereocenters. The summed E-state index contributed by atoms with van der Waals surface area (Å²) < 4.78 is 81.7. The van der Waals surface area contributed by atoms with Crippen LogP contribution in [0, 0.1) is 0 Å². The van der Waals surface area contributed by atoms with Gasteiger partial charge in [-0.15, -0.1) is 0 Å². The summed E-state index contributed by atoms with van der Waals surface area (Å²) in [5.41, 5.74) is 0.167. The van der Waals surface area contributed by atoms with Crippen LogP contribution in [0.3, 0.4) is 0 Å². The predicted octanol–water partition coefficient (Wildman–Crippen LogP) is 7.00. The van der Waals surface area contributed by atoms with Gasteiger partial charge in [0, 0.05) is 24.2 Å². The lowest BCUT2D eigenvalue weighted by molar-refractivity contribution is -0.139. The molecule has 1 heterocycles. The molecule has 0 saturated heterocycles. The molecule has 1 amide bonds. The van der Waals surface area contributed by atoms with Crippen molar-refractivity contribution in [2.45, 2.75) is 24.8 Å². The highest BCUT2D eigenvalue weighted by Crippen LogP contribution is 2.32. The zero-order chi connectivity index (χ0) is 29.8. The van der Waals surface area contributed by atoms with E-state index < -0.39 is 41.4 Å². The number of hydrogen-bond donors (Lipinski definition) is 2. The summed E-state index contributed by atoms with van der Waals surface area (Å²) in [6.45, 7) is 0. The third kappa shape index (κ3) is 7.62. The normalized spacial score (nSPS) is 12.4. The minimum atomic E-state index is -4.53. The van der Waals surface area contributed by atoms with Crippen molar-refractivity contribution >= 4 is 11.9 Å². The molecular weight excluding hydrogens is 554 g/mol. The highest BCUT2D eigenvalue weighted by molar-refractivity contribution is 5.96. The molecule has 0 radical (unpaired) electrons. The van der Waals surface area contributed by atoms with E-state index in [0.717, 1.165) is 24.3 Å². The number of aliphatic carboxylic acids is 1. The lowest BCUT2D eigenvalue weighted by Crippen LogP contribution is -2.42. The number of nitrogens with zero attached hydrogens (tertiary/aromatic N) is 1. The number of benzene rings is 3. The first kappa shape index (κ1) is 29.1. The van der Waals surface area contributed by atoms with E-state index in [1.165, 1.54) is 36.4 Å². The molecule has 3 aromatic carbocycles. The number of rotatable bonds is 8. The molecule has 0 spiro atoms. The van der Waals surface area contributed by atoms with Crippen molar-refractivity contribution in [3.63, 3.8) is 0 Å². The van der Waals surface area contributed by atoms with Crippen LogP contribution in [0.4, 0.5) is 26.3 Å².